The maximum Gasteiger partial charge on any atom is 0.253 e. The van der Waals surface area contributed by atoms with E-state index in [0.717, 1.165) is 5.82 Å². The first-order valence-electron chi connectivity index (χ1n) is 8.13. The summed E-state index contributed by atoms with van der Waals surface area (Å²) in [4.78, 5) is 20.1. The Morgan fingerprint density at radius 1 is 1.30 bits per heavy atom. The number of hydrogen-bond acceptors (Lipinski definition) is 4. The van der Waals surface area contributed by atoms with Crippen LogP contribution in [0.4, 0.5) is 5.82 Å². The van der Waals surface area contributed by atoms with Gasteiger partial charge in [0.2, 0.25) is 0 Å². The third-order valence-electron chi connectivity index (χ3n) is 4.48. The Morgan fingerprint density at radius 3 is 2.65 bits per heavy atom. The molecule has 0 spiro atoms. The number of carbonyl (C=O) groups is 1. The second-order valence-electron chi connectivity index (χ2n) is 6.31. The lowest BCUT2D eigenvalue weighted by molar-refractivity contribution is 0.0922. The molecule has 1 saturated carbocycles. The largest absolute Gasteiger partial charge is 0.363 e. The molecule has 1 unspecified atom stereocenters. The molecule has 1 amide bonds. The summed E-state index contributed by atoms with van der Waals surface area (Å²) in [7, 11) is 3.88. The number of thiophene rings is 1. The van der Waals surface area contributed by atoms with Gasteiger partial charge in [-0.1, -0.05) is 18.9 Å². The molecule has 2 aromatic rings. The predicted molar refractivity (Wildman–Crippen MR) is 95.0 cm³/mol. The van der Waals surface area contributed by atoms with Crippen LogP contribution in [-0.2, 0) is 0 Å². The van der Waals surface area contributed by atoms with Crippen molar-refractivity contribution in [2.75, 3.05) is 19.0 Å². The highest BCUT2D eigenvalue weighted by molar-refractivity contribution is 7.10. The van der Waals surface area contributed by atoms with E-state index < -0.39 is 0 Å². The summed E-state index contributed by atoms with van der Waals surface area (Å²) in [5, 5.41) is 5.32. The Hall–Kier alpha value is -1.88. The molecule has 1 aliphatic carbocycles. The van der Waals surface area contributed by atoms with Crippen LogP contribution in [0.2, 0.25) is 0 Å². The zero-order valence-corrected chi connectivity index (χ0v) is 14.5. The number of aromatic nitrogens is 1. The summed E-state index contributed by atoms with van der Waals surface area (Å²) in [6.07, 6.45) is 6.58. The van der Waals surface area contributed by atoms with Crippen LogP contribution >= 0.6 is 11.3 Å². The van der Waals surface area contributed by atoms with Gasteiger partial charge in [0.15, 0.2) is 0 Å². The first-order chi connectivity index (χ1) is 11.1. The number of nitrogens with one attached hydrogen (secondary N) is 1. The highest BCUT2D eigenvalue weighted by Gasteiger charge is 2.28. The Bertz CT molecular complexity index is 631. The minimum atomic E-state index is -0.0342. The molecule has 1 aliphatic rings. The van der Waals surface area contributed by atoms with Gasteiger partial charge in [-0.2, -0.15) is 0 Å². The second kappa shape index (κ2) is 7.13. The molecule has 4 nitrogen and oxygen atoms in total. The Labute approximate surface area is 141 Å². The molecule has 2 aromatic heterocycles. The summed E-state index contributed by atoms with van der Waals surface area (Å²) in [6.45, 7) is 0. The second-order valence-corrected chi connectivity index (χ2v) is 7.29. The van der Waals surface area contributed by atoms with Crippen molar-refractivity contribution >= 4 is 23.1 Å². The van der Waals surface area contributed by atoms with Crippen molar-refractivity contribution in [1.82, 2.24) is 10.3 Å². The highest BCUT2D eigenvalue weighted by Crippen LogP contribution is 2.37. The van der Waals surface area contributed by atoms with Crippen LogP contribution in [0.25, 0.3) is 0 Å². The molecule has 2 heterocycles. The van der Waals surface area contributed by atoms with Gasteiger partial charge in [0.25, 0.3) is 5.91 Å². The molecular weight excluding hydrogens is 306 g/mol. The number of carbonyl (C=O) groups excluding carboxylic acids is 1. The smallest absolute Gasteiger partial charge is 0.253 e. The molecule has 0 aliphatic heterocycles. The summed E-state index contributed by atoms with van der Waals surface area (Å²) in [5.41, 5.74) is 0.621. The van der Waals surface area contributed by atoms with Crippen molar-refractivity contribution in [3.63, 3.8) is 0 Å². The van der Waals surface area contributed by atoms with Crippen LogP contribution in [0.1, 0.15) is 47.0 Å². The van der Waals surface area contributed by atoms with Crippen LogP contribution in [0.15, 0.2) is 35.8 Å². The van der Waals surface area contributed by atoms with Crippen molar-refractivity contribution < 1.29 is 4.79 Å². The van der Waals surface area contributed by atoms with Crippen LogP contribution in [-0.4, -0.2) is 25.0 Å². The van der Waals surface area contributed by atoms with E-state index in [1.807, 2.05) is 31.1 Å². The van der Waals surface area contributed by atoms with E-state index in [0.29, 0.717) is 11.5 Å². The molecule has 122 valence electrons. The molecule has 1 atom stereocenters. The quantitative estimate of drug-likeness (QED) is 0.905. The lowest BCUT2D eigenvalue weighted by Gasteiger charge is -2.24. The predicted octanol–water partition coefficient (Wildman–Crippen LogP) is 3.87. The molecule has 0 bridgehead atoms. The van der Waals surface area contributed by atoms with E-state index in [1.165, 1.54) is 30.6 Å². The topological polar surface area (TPSA) is 45.2 Å². The van der Waals surface area contributed by atoms with Crippen LogP contribution in [0.3, 0.4) is 0 Å². The lowest BCUT2D eigenvalue weighted by atomic mass is 9.96. The van der Waals surface area contributed by atoms with Gasteiger partial charge in [0, 0.05) is 25.2 Å². The molecule has 0 aromatic carbocycles. The third kappa shape index (κ3) is 3.72. The van der Waals surface area contributed by atoms with Gasteiger partial charge >= 0.3 is 0 Å². The van der Waals surface area contributed by atoms with Gasteiger partial charge in [0.1, 0.15) is 5.82 Å². The molecule has 5 heteroatoms. The normalized spacial score (nSPS) is 16.3. The summed E-state index contributed by atoms with van der Waals surface area (Å²) >= 11 is 1.72. The molecule has 0 saturated heterocycles. The van der Waals surface area contributed by atoms with Gasteiger partial charge in [0.05, 0.1) is 11.6 Å². The van der Waals surface area contributed by atoms with Crippen molar-refractivity contribution in [2.24, 2.45) is 5.92 Å². The summed E-state index contributed by atoms with van der Waals surface area (Å²) in [6, 6.07) is 8.03. The number of amides is 1. The number of nitrogens with zero attached hydrogens (tertiary/aromatic N) is 2. The lowest BCUT2D eigenvalue weighted by Crippen LogP contribution is -2.32. The standard InChI is InChI=1S/C18H23N3OS/c1-21(2)16-10-9-14(12-19-16)18(22)20-17(13-6-3-4-7-13)15-8-5-11-23-15/h5,8-13,17H,3-4,6-7H2,1-2H3,(H,20,22). The van der Waals surface area contributed by atoms with Gasteiger partial charge in [-0.25, -0.2) is 4.98 Å². The fourth-order valence-corrected chi connectivity index (χ4v) is 4.06. The van der Waals surface area contributed by atoms with Crippen molar-refractivity contribution in [1.29, 1.82) is 0 Å². The average molecular weight is 329 g/mol. The van der Waals surface area contributed by atoms with E-state index in [1.54, 1.807) is 17.5 Å². The Morgan fingerprint density at radius 2 is 2.09 bits per heavy atom. The van der Waals surface area contributed by atoms with Crippen molar-refractivity contribution in [3.8, 4) is 0 Å². The monoisotopic (exact) mass is 329 g/mol. The fraction of sp³-hybridized carbons (Fsp3) is 0.444. The van der Waals surface area contributed by atoms with E-state index in [-0.39, 0.29) is 11.9 Å². The van der Waals surface area contributed by atoms with Crippen molar-refractivity contribution in [3.05, 3.63) is 46.3 Å². The Balaban J connectivity index is 1.75. The maximum absolute atomic E-state index is 12.6. The first-order valence-corrected chi connectivity index (χ1v) is 9.01. The molecule has 1 fully saturated rings. The summed E-state index contributed by atoms with van der Waals surface area (Å²) in [5.74, 6) is 1.37. The maximum atomic E-state index is 12.6. The number of pyridine rings is 1. The minimum absolute atomic E-state index is 0.0342. The van der Waals surface area contributed by atoms with E-state index in [4.69, 9.17) is 0 Å². The zero-order valence-electron chi connectivity index (χ0n) is 13.7. The van der Waals surface area contributed by atoms with Gasteiger partial charge in [-0.15, -0.1) is 11.3 Å². The van der Waals surface area contributed by atoms with E-state index in [2.05, 4.69) is 27.8 Å². The third-order valence-corrected chi connectivity index (χ3v) is 5.43. The Kier molecular flexibility index (Phi) is 4.96. The molecule has 1 N–H and O–H groups in total. The fourth-order valence-electron chi connectivity index (χ4n) is 3.19. The van der Waals surface area contributed by atoms with E-state index in [9.17, 15) is 4.79 Å². The summed E-state index contributed by atoms with van der Waals surface area (Å²) < 4.78 is 0. The van der Waals surface area contributed by atoms with Crippen LogP contribution in [0, 0.1) is 5.92 Å². The van der Waals surface area contributed by atoms with Crippen molar-refractivity contribution in [2.45, 2.75) is 31.7 Å². The zero-order chi connectivity index (χ0) is 16.2. The highest BCUT2D eigenvalue weighted by atomic mass is 32.1. The molecule has 23 heavy (non-hydrogen) atoms. The van der Waals surface area contributed by atoms with Gasteiger partial charge in [-0.05, 0) is 42.3 Å². The average Bonchev–Trinajstić information content (AvgIpc) is 3.26. The first kappa shape index (κ1) is 16.0. The van der Waals surface area contributed by atoms with Crippen LogP contribution in [0.5, 0.6) is 0 Å². The van der Waals surface area contributed by atoms with Gasteiger partial charge in [-0.3, -0.25) is 4.79 Å². The number of hydrogen-bond donors (Lipinski definition) is 1. The minimum Gasteiger partial charge on any atom is -0.363 e. The molecule has 3 rings (SSSR count). The molecular formula is C18H23N3OS. The number of rotatable bonds is 5. The van der Waals surface area contributed by atoms with E-state index >= 15 is 0 Å². The van der Waals surface area contributed by atoms with Gasteiger partial charge < -0.3 is 10.2 Å². The SMILES string of the molecule is CN(C)c1ccc(C(=O)NC(c2cccs2)C2CCCC2)cn1. The van der Waals surface area contributed by atoms with Crippen LogP contribution < -0.4 is 10.2 Å². The molecule has 0 radical (unpaired) electrons. The number of anilines is 1.